The van der Waals surface area contributed by atoms with Crippen molar-refractivity contribution in [1.29, 1.82) is 5.26 Å². The molecule has 0 aliphatic rings. The number of rotatable bonds is 11. The van der Waals surface area contributed by atoms with Crippen LogP contribution < -0.4 is 24.8 Å². The molecule has 4 rings (SSSR count). The van der Waals surface area contributed by atoms with Gasteiger partial charge in [0.2, 0.25) is 5.75 Å². The van der Waals surface area contributed by atoms with Crippen LogP contribution >= 0.6 is 0 Å². The van der Waals surface area contributed by atoms with Crippen LogP contribution in [-0.2, 0) is 6.54 Å². The summed E-state index contributed by atoms with van der Waals surface area (Å²) in [4.78, 5) is 6.75. The molecule has 3 aromatic carbocycles. The number of methoxy groups -OCH3 is 3. The standard InChI is InChI=1S/C30H33N5O3/c1-35(2)12-11-32-18-20-7-6-8-21(13-20)22-9-10-25-26(14-22)33-19-23(17-31)29(25)34-24-15-27(36-3)30(38-5)28(16-24)37-4/h6-10,13-16,19,32H,11-12,18H2,1-5H3,(H,33,34). The number of nitriles is 1. The summed E-state index contributed by atoms with van der Waals surface area (Å²) in [7, 11) is 8.84. The Morgan fingerprint density at radius 2 is 1.66 bits per heavy atom. The molecule has 8 heteroatoms. The molecule has 8 nitrogen and oxygen atoms in total. The highest BCUT2D eigenvalue weighted by atomic mass is 16.5. The Morgan fingerprint density at radius 3 is 2.32 bits per heavy atom. The molecule has 0 atom stereocenters. The Hall–Kier alpha value is -4.32. The maximum absolute atomic E-state index is 9.81. The molecule has 0 aliphatic carbocycles. The van der Waals surface area contributed by atoms with Crippen molar-refractivity contribution in [3.05, 3.63) is 71.9 Å². The summed E-state index contributed by atoms with van der Waals surface area (Å²) >= 11 is 0. The number of anilines is 2. The molecule has 196 valence electrons. The van der Waals surface area contributed by atoms with Gasteiger partial charge < -0.3 is 29.7 Å². The summed E-state index contributed by atoms with van der Waals surface area (Å²) in [5.41, 5.74) is 5.97. The normalized spacial score (nSPS) is 10.9. The molecule has 1 aromatic heterocycles. The zero-order chi connectivity index (χ0) is 27.1. The number of aromatic nitrogens is 1. The van der Waals surface area contributed by atoms with E-state index in [0.717, 1.165) is 41.7 Å². The van der Waals surface area contributed by atoms with Gasteiger partial charge in [0.05, 0.1) is 38.1 Å². The number of likely N-dealkylation sites (N-methyl/N-ethyl adjacent to an activating group) is 1. The molecule has 4 aromatic rings. The molecule has 0 aliphatic heterocycles. The third-order valence-corrected chi connectivity index (χ3v) is 6.25. The molecule has 0 spiro atoms. The van der Waals surface area contributed by atoms with Crippen molar-refractivity contribution < 1.29 is 14.2 Å². The van der Waals surface area contributed by atoms with Crippen LogP contribution in [0.15, 0.2) is 60.8 Å². The van der Waals surface area contributed by atoms with Gasteiger partial charge in [-0.25, -0.2) is 0 Å². The van der Waals surface area contributed by atoms with Gasteiger partial charge in [-0.15, -0.1) is 0 Å². The summed E-state index contributed by atoms with van der Waals surface area (Å²) in [6.07, 6.45) is 1.59. The van der Waals surface area contributed by atoms with Crippen molar-refractivity contribution in [2.75, 3.05) is 53.8 Å². The maximum Gasteiger partial charge on any atom is 0.203 e. The Morgan fingerprint density at radius 1 is 0.921 bits per heavy atom. The van der Waals surface area contributed by atoms with Gasteiger partial charge in [0.25, 0.3) is 0 Å². The molecule has 0 saturated carbocycles. The summed E-state index contributed by atoms with van der Waals surface area (Å²) in [5, 5.41) is 17.5. The van der Waals surface area contributed by atoms with E-state index in [1.165, 1.54) is 5.56 Å². The zero-order valence-corrected chi connectivity index (χ0v) is 22.5. The second kappa shape index (κ2) is 12.3. The topological polar surface area (TPSA) is 91.7 Å². The minimum atomic E-state index is 0.435. The number of nitrogens with one attached hydrogen (secondary N) is 2. The molecule has 0 fully saturated rings. The summed E-state index contributed by atoms with van der Waals surface area (Å²) in [5.74, 6) is 1.54. The SMILES string of the molecule is COc1cc(Nc2c(C#N)cnc3cc(-c4cccc(CNCCN(C)C)c4)ccc23)cc(OC)c1OC. The number of pyridine rings is 1. The van der Waals surface area contributed by atoms with Gasteiger partial charge in [0.15, 0.2) is 11.5 Å². The molecular formula is C30H33N5O3. The van der Waals surface area contributed by atoms with Crippen LogP contribution in [0.1, 0.15) is 11.1 Å². The van der Waals surface area contributed by atoms with Crippen molar-refractivity contribution >= 4 is 22.3 Å². The van der Waals surface area contributed by atoms with Crippen LogP contribution in [0.5, 0.6) is 17.2 Å². The van der Waals surface area contributed by atoms with Crippen LogP contribution in [0, 0.1) is 11.3 Å². The van der Waals surface area contributed by atoms with Crippen LogP contribution in [0.4, 0.5) is 11.4 Å². The van der Waals surface area contributed by atoms with E-state index in [1.54, 1.807) is 39.7 Å². The van der Waals surface area contributed by atoms with Crippen LogP contribution in [-0.4, -0.2) is 58.4 Å². The van der Waals surface area contributed by atoms with Crippen molar-refractivity contribution in [1.82, 2.24) is 15.2 Å². The van der Waals surface area contributed by atoms with E-state index in [9.17, 15) is 5.26 Å². The molecule has 1 heterocycles. The lowest BCUT2D eigenvalue weighted by Crippen LogP contribution is -2.26. The summed E-state index contributed by atoms with van der Waals surface area (Å²) in [6.45, 7) is 2.73. The van der Waals surface area contributed by atoms with Crippen molar-refractivity contribution in [3.63, 3.8) is 0 Å². The fourth-order valence-corrected chi connectivity index (χ4v) is 4.29. The van der Waals surface area contributed by atoms with Crippen LogP contribution in [0.25, 0.3) is 22.0 Å². The highest BCUT2D eigenvalue weighted by Crippen LogP contribution is 2.41. The highest BCUT2D eigenvalue weighted by Gasteiger charge is 2.16. The van der Waals surface area contributed by atoms with Crippen LogP contribution in [0.3, 0.4) is 0 Å². The van der Waals surface area contributed by atoms with E-state index in [4.69, 9.17) is 14.2 Å². The molecule has 0 unspecified atom stereocenters. The molecule has 0 amide bonds. The second-order valence-electron chi connectivity index (χ2n) is 9.11. The van der Waals surface area contributed by atoms with Gasteiger partial charge >= 0.3 is 0 Å². The predicted molar refractivity (Wildman–Crippen MR) is 152 cm³/mol. The quantitative estimate of drug-likeness (QED) is 0.266. The third-order valence-electron chi connectivity index (χ3n) is 6.25. The average molecular weight is 512 g/mol. The number of hydrogen-bond acceptors (Lipinski definition) is 8. The lowest BCUT2D eigenvalue weighted by molar-refractivity contribution is 0.324. The van der Waals surface area contributed by atoms with Gasteiger partial charge in [-0.3, -0.25) is 4.98 Å². The smallest absolute Gasteiger partial charge is 0.203 e. The molecule has 0 radical (unpaired) electrons. The Labute approximate surface area is 223 Å². The highest BCUT2D eigenvalue weighted by molar-refractivity contribution is 5.98. The van der Waals surface area contributed by atoms with Crippen molar-refractivity contribution in [2.45, 2.75) is 6.54 Å². The van der Waals surface area contributed by atoms with E-state index in [0.29, 0.717) is 34.2 Å². The first-order valence-electron chi connectivity index (χ1n) is 12.3. The minimum absolute atomic E-state index is 0.435. The second-order valence-corrected chi connectivity index (χ2v) is 9.11. The largest absolute Gasteiger partial charge is 0.493 e. The summed E-state index contributed by atoms with van der Waals surface area (Å²) in [6, 6.07) is 20.5. The first-order valence-corrected chi connectivity index (χ1v) is 12.3. The number of ether oxygens (including phenoxy) is 3. The number of fused-ring (bicyclic) bond motifs is 1. The van der Waals surface area contributed by atoms with Gasteiger partial charge in [-0.1, -0.05) is 30.3 Å². The van der Waals surface area contributed by atoms with E-state index in [2.05, 4.69) is 77.1 Å². The van der Waals surface area contributed by atoms with Gasteiger partial charge in [0, 0.05) is 49.0 Å². The lowest BCUT2D eigenvalue weighted by Gasteiger charge is -2.17. The zero-order valence-electron chi connectivity index (χ0n) is 22.5. The maximum atomic E-state index is 9.81. The molecule has 2 N–H and O–H groups in total. The number of nitrogens with zero attached hydrogens (tertiary/aromatic N) is 3. The van der Waals surface area contributed by atoms with Crippen molar-refractivity contribution in [3.8, 4) is 34.4 Å². The van der Waals surface area contributed by atoms with Crippen molar-refractivity contribution in [2.24, 2.45) is 0 Å². The van der Waals surface area contributed by atoms with Crippen LogP contribution in [0.2, 0.25) is 0 Å². The van der Waals surface area contributed by atoms with E-state index in [-0.39, 0.29) is 0 Å². The Bertz CT molecular complexity index is 1440. The Balaban J connectivity index is 1.66. The molecule has 38 heavy (non-hydrogen) atoms. The lowest BCUT2D eigenvalue weighted by atomic mass is 10.00. The van der Waals surface area contributed by atoms with E-state index < -0.39 is 0 Å². The predicted octanol–water partition coefficient (Wildman–Crippen LogP) is 5.19. The minimum Gasteiger partial charge on any atom is -0.493 e. The third kappa shape index (κ3) is 5.97. The monoisotopic (exact) mass is 511 g/mol. The van der Waals surface area contributed by atoms with Gasteiger partial charge in [-0.2, -0.15) is 5.26 Å². The molecule has 0 bridgehead atoms. The van der Waals surface area contributed by atoms with Gasteiger partial charge in [-0.05, 0) is 42.9 Å². The van der Waals surface area contributed by atoms with Gasteiger partial charge in [0.1, 0.15) is 6.07 Å². The Kier molecular flexibility index (Phi) is 8.64. The first-order chi connectivity index (χ1) is 18.5. The summed E-state index contributed by atoms with van der Waals surface area (Å²) < 4.78 is 16.4. The fourth-order valence-electron chi connectivity index (χ4n) is 4.29. The fraction of sp³-hybridized carbons (Fsp3) is 0.267. The molecular weight excluding hydrogens is 478 g/mol. The molecule has 0 saturated heterocycles. The average Bonchev–Trinajstić information content (AvgIpc) is 2.94. The number of benzene rings is 3. The number of hydrogen-bond donors (Lipinski definition) is 2. The first kappa shape index (κ1) is 26.7. The van der Waals surface area contributed by atoms with E-state index >= 15 is 0 Å². The van der Waals surface area contributed by atoms with E-state index in [1.807, 2.05) is 6.07 Å².